The van der Waals surface area contributed by atoms with E-state index in [1.807, 2.05) is 0 Å². The lowest BCUT2D eigenvalue weighted by molar-refractivity contribution is 0.216. The fraction of sp³-hybridized carbons (Fsp3) is 0.857. The Bertz CT molecular complexity index is 237. The summed E-state index contributed by atoms with van der Waals surface area (Å²) in [6.07, 6.45) is 0. The summed E-state index contributed by atoms with van der Waals surface area (Å²) in [6, 6.07) is 0. The van der Waals surface area contributed by atoms with Crippen molar-refractivity contribution in [2.75, 3.05) is 40.0 Å². The van der Waals surface area contributed by atoms with Crippen molar-refractivity contribution in [3.05, 3.63) is 0 Å². The fourth-order valence-corrected chi connectivity index (χ4v) is 0. The van der Waals surface area contributed by atoms with Crippen LogP contribution in [-0.2, 0) is 10.1 Å². The predicted molar refractivity (Wildman–Crippen MR) is 69.0 cm³/mol. The molecule has 0 rings (SSSR count). The molecule has 0 aromatic heterocycles. The molecule has 15 heavy (non-hydrogen) atoms. The van der Waals surface area contributed by atoms with Crippen LogP contribution >= 0.6 is 15.8 Å². The second-order valence-electron chi connectivity index (χ2n) is 3.42. The number of hydrogen-bond acceptors (Lipinski definition) is 3. The first-order valence-electron chi connectivity index (χ1n) is 3.83. The van der Waals surface area contributed by atoms with Crippen molar-refractivity contribution in [3.63, 3.8) is 0 Å². The van der Waals surface area contributed by atoms with Gasteiger partial charge in [0.05, 0.1) is 0 Å². The summed E-state index contributed by atoms with van der Waals surface area (Å²) in [7, 11) is -4.06. The van der Waals surface area contributed by atoms with Crippen LogP contribution in [0, 0.1) is 0 Å². The van der Waals surface area contributed by atoms with Gasteiger partial charge in [0.15, 0.2) is 0 Å². The molecule has 0 bridgehead atoms. The van der Waals surface area contributed by atoms with Crippen LogP contribution in [0.4, 0.5) is 4.79 Å². The molecule has 2 N–H and O–H groups in total. The Morgan fingerprint density at radius 2 is 1.00 bits per heavy atom. The van der Waals surface area contributed by atoms with E-state index in [1.54, 1.807) is 0 Å². The Balaban J connectivity index is -0.000000155. The zero-order valence-corrected chi connectivity index (χ0v) is 12.5. The molecule has 0 aliphatic heterocycles. The minimum Gasteiger partial charge on any atom is -0.468 e. The van der Waals surface area contributed by atoms with Crippen molar-refractivity contribution in [3.8, 4) is 0 Å². The molecule has 0 heterocycles. The lowest BCUT2D eigenvalue weighted by Crippen LogP contribution is -2.08. The summed E-state index contributed by atoms with van der Waals surface area (Å²) >= 11 is 0. The van der Waals surface area contributed by atoms with Gasteiger partial charge in [-0.1, -0.05) is 0 Å². The second-order valence-corrected chi connectivity index (χ2v) is 10.1. The lowest BCUT2D eigenvalue weighted by atomic mass is 11.6. The van der Waals surface area contributed by atoms with Crippen molar-refractivity contribution in [1.29, 1.82) is 0 Å². The quantitative estimate of drug-likeness (QED) is 0.524. The zero-order valence-electron chi connectivity index (χ0n) is 9.92. The van der Waals surface area contributed by atoms with Crippen LogP contribution < -0.4 is 0 Å². The molecule has 0 aliphatic carbocycles. The van der Waals surface area contributed by atoms with Gasteiger partial charge >= 0.3 is 15.4 Å². The standard InChI is InChI=1S/2C3H9P.CH2O5S/c2*1-4(2)3;2-1(3)7(4,5)6/h2*1-3H3;(H,2,3)(H,4,5,6). The Kier molecular flexibility index (Phi) is 14.8. The van der Waals surface area contributed by atoms with Crippen LogP contribution in [0.1, 0.15) is 0 Å². The number of carboxylic acid groups (broad SMARTS) is 1. The fourth-order valence-electron chi connectivity index (χ4n) is 0. The van der Waals surface area contributed by atoms with E-state index in [9.17, 15) is 13.2 Å². The molecular formula is C7H20O5P2S. The maximum Gasteiger partial charge on any atom is 0.449 e. The minimum atomic E-state index is -4.82. The van der Waals surface area contributed by atoms with Gasteiger partial charge in [-0.25, -0.2) is 4.79 Å². The van der Waals surface area contributed by atoms with Crippen molar-refractivity contribution < 1.29 is 22.9 Å². The summed E-state index contributed by atoms with van der Waals surface area (Å²) in [6.45, 7) is 13.4. The maximum absolute atomic E-state index is 9.29. The summed E-state index contributed by atoms with van der Waals surface area (Å²) in [4.78, 5) is 9.18. The molecule has 0 amide bonds. The smallest absolute Gasteiger partial charge is 0.449 e. The first-order chi connectivity index (χ1) is 6.41. The van der Waals surface area contributed by atoms with Gasteiger partial charge in [0.2, 0.25) is 0 Å². The Morgan fingerprint density at radius 3 is 1.00 bits per heavy atom. The first-order valence-corrected chi connectivity index (χ1v) is 10.6. The third kappa shape index (κ3) is 54.8. The highest BCUT2D eigenvalue weighted by molar-refractivity contribution is 8.00. The minimum absolute atomic E-state index is 0.380. The second kappa shape index (κ2) is 10.7. The molecule has 0 saturated carbocycles. The van der Waals surface area contributed by atoms with E-state index in [4.69, 9.17) is 9.66 Å². The average Bonchev–Trinajstić information content (AvgIpc) is 1.80. The van der Waals surface area contributed by atoms with Crippen molar-refractivity contribution in [2.45, 2.75) is 0 Å². The molecule has 0 saturated heterocycles. The van der Waals surface area contributed by atoms with E-state index in [0.717, 1.165) is 0 Å². The molecule has 0 aliphatic rings. The van der Waals surface area contributed by atoms with Crippen molar-refractivity contribution in [2.24, 2.45) is 0 Å². The molecule has 0 aromatic rings. The third-order valence-corrected chi connectivity index (χ3v) is 0.662. The molecule has 8 heteroatoms. The average molecular weight is 278 g/mol. The van der Waals surface area contributed by atoms with Crippen LogP contribution in [0.5, 0.6) is 0 Å². The van der Waals surface area contributed by atoms with Crippen molar-refractivity contribution in [1.82, 2.24) is 0 Å². The normalized spacial score (nSPS) is 9.93. The van der Waals surface area contributed by atoms with Crippen LogP contribution in [0.25, 0.3) is 0 Å². The monoisotopic (exact) mass is 278 g/mol. The molecule has 0 unspecified atom stereocenters. The number of carbonyl (C=O) groups is 1. The molecule has 0 radical (unpaired) electrons. The van der Waals surface area contributed by atoms with Gasteiger partial charge in [0, 0.05) is 0 Å². The van der Waals surface area contributed by atoms with Crippen LogP contribution in [-0.4, -0.2) is 63.4 Å². The van der Waals surface area contributed by atoms with E-state index < -0.39 is 15.4 Å². The molecule has 0 fully saturated rings. The Hall–Kier alpha value is 0.240. The summed E-state index contributed by atoms with van der Waals surface area (Å²) in [5.74, 6) is 0. The Morgan fingerprint density at radius 1 is 0.933 bits per heavy atom. The van der Waals surface area contributed by atoms with Gasteiger partial charge in [0.25, 0.3) is 0 Å². The van der Waals surface area contributed by atoms with Gasteiger partial charge in [-0.15, -0.1) is 15.8 Å². The highest BCUT2D eigenvalue weighted by Gasteiger charge is 2.14. The van der Waals surface area contributed by atoms with Crippen molar-refractivity contribution >= 4 is 31.3 Å². The number of hydrogen-bond donors (Lipinski definition) is 2. The topological polar surface area (TPSA) is 91.7 Å². The highest BCUT2D eigenvalue weighted by Crippen LogP contribution is 2.15. The predicted octanol–water partition coefficient (Wildman–Crippen LogP) is 2.27. The molecule has 0 atom stereocenters. The van der Waals surface area contributed by atoms with Gasteiger partial charge < -0.3 is 5.11 Å². The third-order valence-electron chi connectivity index (χ3n) is 0.221. The maximum atomic E-state index is 9.29. The number of rotatable bonds is 0. The lowest BCUT2D eigenvalue weighted by Gasteiger charge is -1.81. The molecule has 94 valence electrons. The van der Waals surface area contributed by atoms with Gasteiger partial charge in [-0.2, -0.15) is 8.42 Å². The van der Waals surface area contributed by atoms with Crippen LogP contribution in [0.3, 0.4) is 0 Å². The summed E-state index contributed by atoms with van der Waals surface area (Å²) in [5, 5.41) is 5.18. The molecule has 0 aromatic carbocycles. The Labute approximate surface area is 94.5 Å². The van der Waals surface area contributed by atoms with Gasteiger partial charge in [-0.3, -0.25) is 4.55 Å². The van der Waals surface area contributed by atoms with E-state index in [-0.39, 0.29) is 0 Å². The highest BCUT2D eigenvalue weighted by atomic mass is 32.2. The van der Waals surface area contributed by atoms with Crippen LogP contribution in [0.2, 0.25) is 0 Å². The SMILES string of the molecule is CP(C)C.CP(C)C.O=C(O)S(=O)(=O)O. The van der Waals surface area contributed by atoms with E-state index in [0.29, 0.717) is 15.8 Å². The van der Waals surface area contributed by atoms with Crippen LogP contribution in [0.15, 0.2) is 0 Å². The molecule has 5 nitrogen and oxygen atoms in total. The summed E-state index contributed by atoms with van der Waals surface area (Å²) < 4.78 is 26.0. The van der Waals surface area contributed by atoms with E-state index in [1.165, 1.54) is 0 Å². The van der Waals surface area contributed by atoms with E-state index in [2.05, 4.69) is 40.0 Å². The zero-order chi connectivity index (χ0) is 13.2. The first kappa shape index (κ1) is 20.6. The largest absolute Gasteiger partial charge is 0.468 e. The van der Waals surface area contributed by atoms with Gasteiger partial charge in [0.1, 0.15) is 0 Å². The summed E-state index contributed by atoms with van der Waals surface area (Å²) in [5.41, 5.74) is 0. The van der Waals surface area contributed by atoms with Gasteiger partial charge in [-0.05, 0) is 40.0 Å². The van der Waals surface area contributed by atoms with E-state index >= 15 is 0 Å². The molecule has 0 spiro atoms. The molecular weight excluding hydrogens is 258 g/mol.